The van der Waals surface area contributed by atoms with Gasteiger partial charge in [0.1, 0.15) is 29.3 Å². The number of unbranched alkanes of at least 4 members (excludes halogenated alkanes) is 4. The molecule has 51 heavy (non-hydrogen) atoms. The maximum Gasteiger partial charge on any atom is 0.408 e. The first-order valence-corrected chi connectivity index (χ1v) is 17.7. The highest BCUT2D eigenvalue weighted by Crippen LogP contribution is 2.28. The molecule has 0 spiro atoms. The van der Waals surface area contributed by atoms with E-state index in [0.717, 1.165) is 31.2 Å². The second-order valence-corrected chi connectivity index (χ2v) is 14.6. The molecule has 2 aromatic rings. The number of nitrogens with zero attached hydrogens (tertiary/aromatic N) is 1. The summed E-state index contributed by atoms with van der Waals surface area (Å²) in [5, 5.41) is 5.49. The number of rotatable bonds is 18. The van der Waals surface area contributed by atoms with Crippen molar-refractivity contribution < 1.29 is 33.4 Å². The Morgan fingerprint density at radius 3 is 2.02 bits per heavy atom. The van der Waals surface area contributed by atoms with Crippen molar-refractivity contribution in [3.8, 4) is 12.3 Å². The van der Waals surface area contributed by atoms with Crippen LogP contribution in [0.4, 0.5) is 4.79 Å². The van der Waals surface area contributed by atoms with Gasteiger partial charge in [0, 0.05) is 24.9 Å². The SMILES string of the molecule is C#Cc1ccccc1C(C(=O)NC(Cc1ccccc1)C(=O)OC(C)(C)C)N(CCCCCCC)C(=O)C(CCC(N)=O)NC(=O)OC(C)(C)C. The van der Waals surface area contributed by atoms with Crippen LogP contribution in [0.25, 0.3) is 0 Å². The summed E-state index contributed by atoms with van der Waals surface area (Å²) in [6.07, 6.45) is 9.03. The van der Waals surface area contributed by atoms with Crippen LogP contribution in [0, 0.1) is 12.3 Å². The molecule has 3 atom stereocenters. The molecule has 0 heterocycles. The van der Waals surface area contributed by atoms with Crippen LogP contribution in [0.15, 0.2) is 54.6 Å². The largest absolute Gasteiger partial charge is 0.458 e. The summed E-state index contributed by atoms with van der Waals surface area (Å²) in [6, 6.07) is 12.2. The van der Waals surface area contributed by atoms with Crippen molar-refractivity contribution in [3.63, 3.8) is 0 Å². The number of hydrogen-bond acceptors (Lipinski definition) is 7. The molecule has 0 aliphatic heterocycles. The van der Waals surface area contributed by atoms with Gasteiger partial charge in [0.15, 0.2) is 0 Å². The topological polar surface area (TPSA) is 157 Å². The Labute approximate surface area is 303 Å². The van der Waals surface area contributed by atoms with Gasteiger partial charge >= 0.3 is 12.1 Å². The van der Waals surface area contributed by atoms with Gasteiger partial charge in [-0.15, -0.1) is 6.42 Å². The molecular formula is C40H56N4O7. The van der Waals surface area contributed by atoms with Crippen molar-refractivity contribution in [3.05, 3.63) is 71.3 Å². The Kier molecular flexibility index (Phi) is 16.7. The molecule has 0 bridgehead atoms. The minimum absolute atomic E-state index is 0.110. The lowest BCUT2D eigenvalue weighted by Crippen LogP contribution is -2.55. The molecule has 4 N–H and O–H groups in total. The van der Waals surface area contributed by atoms with Crippen molar-refractivity contribution in [1.29, 1.82) is 0 Å². The Balaban J connectivity index is 2.71. The lowest BCUT2D eigenvalue weighted by Gasteiger charge is -2.36. The third-order valence-corrected chi connectivity index (χ3v) is 7.72. The second-order valence-electron chi connectivity index (χ2n) is 14.6. The molecule has 0 aromatic heterocycles. The van der Waals surface area contributed by atoms with E-state index in [-0.39, 0.29) is 25.8 Å². The molecule has 0 saturated heterocycles. The van der Waals surface area contributed by atoms with Crippen molar-refractivity contribution in [2.24, 2.45) is 5.73 Å². The minimum atomic E-state index is -1.33. The number of nitrogens with one attached hydrogen (secondary N) is 2. The average Bonchev–Trinajstić information content (AvgIpc) is 3.04. The van der Waals surface area contributed by atoms with Gasteiger partial charge in [-0.25, -0.2) is 9.59 Å². The van der Waals surface area contributed by atoms with Crippen LogP contribution < -0.4 is 16.4 Å². The predicted octanol–water partition coefficient (Wildman–Crippen LogP) is 5.74. The molecule has 0 aliphatic rings. The molecule has 278 valence electrons. The van der Waals surface area contributed by atoms with Crippen LogP contribution in [0.1, 0.15) is 116 Å². The summed E-state index contributed by atoms with van der Waals surface area (Å²) < 4.78 is 11.2. The van der Waals surface area contributed by atoms with Crippen LogP contribution >= 0.6 is 0 Å². The summed E-state index contributed by atoms with van der Waals surface area (Å²) in [5.41, 5.74) is 5.26. The van der Waals surface area contributed by atoms with Gasteiger partial charge in [0.2, 0.25) is 17.7 Å². The molecule has 11 heteroatoms. The van der Waals surface area contributed by atoms with Gasteiger partial charge in [0.05, 0.1) is 0 Å². The zero-order chi connectivity index (χ0) is 38.2. The molecule has 3 unspecified atom stereocenters. The van der Waals surface area contributed by atoms with Gasteiger partial charge in [0.25, 0.3) is 0 Å². The Morgan fingerprint density at radius 1 is 0.824 bits per heavy atom. The number of esters is 1. The van der Waals surface area contributed by atoms with E-state index in [1.54, 1.807) is 65.8 Å². The summed E-state index contributed by atoms with van der Waals surface area (Å²) in [7, 11) is 0. The number of alkyl carbamates (subject to hydrolysis) is 1. The Morgan fingerprint density at radius 2 is 1.43 bits per heavy atom. The van der Waals surface area contributed by atoms with Gasteiger partial charge in [-0.1, -0.05) is 87.1 Å². The molecule has 2 aromatic carbocycles. The maximum absolute atomic E-state index is 14.7. The highest BCUT2D eigenvalue weighted by Gasteiger charge is 2.39. The molecule has 4 amide bonds. The van der Waals surface area contributed by atoms with E-state index in [4.69, 9.17) is 21.6 Å². The maximum atomic E-state index is 14.7. The van der Waals surface area contributed by atoms with E-state index in [1.165, 1.54) is 4.90 Å². The van der Waals surface area contributed by atoms with E-state index in [0.29, 0.717) is 17.5 Å². The predicted molar refractivity (Wildman–Crippen MR) is 197 cm³/mol. The molecule has 2 rings (SSSR count). The summed E-state index contributed by atoms with van der Waals surface area (Å²) >= 11 is 0. The van der Waals surface area contributed by atoms with Crippen LogP contribution in [-0.2, 0) is 35.1 Å². The molecule has 0 radical (unpaired) electrons. The highest BCUT2D eigenvalue weighted by molar-refractivity contribution is 5.94. The van der Waals surface area contributed by atoms with Crippen LogP contribution in [0.3, 0.4) is 0 Å². The third-order valence-electron chi connectivity index (χ3n) is 7.72. The van der Waals surface area contributed by atoms with Crippen molar-refractivity contribution in [2.75, 3.05) is 6.54 Å². The van der Waals surface area contributed by atoms with Gasteiger partial charge in [-0.05, 0) is 71.6 Å². The third kappa shape index (κ3) is 15.3. The van der Waals surface area contributed by atoms with Crippen LogP contribution in [-0.4, -0.2) is 64.5 Å². The number of primary amides is 1. The molecular weight excluding hydrogens is 648 g/mol. The molecule has 0 aliphatic carbocycles. The van der Waals surface area contributed by atoms with Crippen molar-refractivity contribution in [1.82, 2.24) is 15.5 Å². The van der Waals surface area contributed by atoms with E-state index < -0.39 is 59.1 Å². The number of ether oxygens (including phenoxy) is 2. The fourth-order valence-electron chi connectivity index (χ4n) is 5.43. The Hall–Kier alpha value is -4.85. The first-order chi connectivity index (χ1) is 24.0. The molecule has 11 nitrogen and oxygen atoms in total. The number of carbonyl (C=O) groups excluding carboxylic acids is 5. The summed E-state index contributed by atoms with van der Waals surface area (Å²) in [4.78, 5) is 69.2. The van der Waals surface area contributed by atoms with Gasteiger partial charge < -0.3 is 30.7 Å². The Bertz CT molecular complexity index is 1510. The lowest BCUT2D eigenvalue weighted by atomic mass is 9.96. The van der Waals surface area contributed by atoms with Crippen molar-refractivity contribution >= 4 is 29.8 Å². The van der Waals surface area contributed by atoms with E-state index >= 15 is 0 Å². The number of nitrogens with two attached hydrogens (primary N) is 1. The number of carbonyl (C=O) groups is 5. The smallest absolute Gasteiger partial charge is 0.408 e. The first-order valence-electron chi connectivity index (χ1n) is 17.7. The van der Waals surface area contributed by atoms with E-state index in [2.05, 4.69) is 23.5 Å². The van der Waals surface area contributed by atoms with E-state index in [1.807, 2.05) is 30.3 Å². The zero-order valence-electron chi connectivity index (χ0n) is 31.3. The average molecular weight is 705 g/mol. The monoisotopic (exact) mass is 704 g/mol. The van der Waals surface area contributed by atoms with E-state index in [9.17, 15) is 24.0 Å². The summed E-state index contributed by atoms with van der Waals surface area (Å²) in [6.45, 7) is 12.5. The zero-order valence-corrected chi connectivity index (χ0v) is 31.3. The fourth-order valence-corrected chi connectivity index (χ4v) is 5.43. The number of amides is 4. The number of hydrogen-bond donors (Lipinski definition) is 3. The normalized spacial score (nSPS) is 13.1. The minimum Gasteiger partial charge on any atom is -0.458 e. The van der Waals surface area contributed by atoms with Crippen molar-refractivity contribution in [2.45, 2.75) is 129 Å². The van der Waals surface area contributed by atoms with Crippen LogP contribution in [0.5, 0.6) is 0 Å². The quantitative estimate of drug-likeness (QED) is 0.102. The lowest BCUT2D eigenvalue weighted by molar-refractivity contribution is -0.159. The standard InChI is InChI=1S/C40H56N4O7/c1-9-11-12-13-19-26-44(36(47)31(24-25-33(41)45)43-38(49)51-40(6,7)8)34(30-23-18-17-22-29(30)10-2)35(46)42-32(37(48)50-39(3,4)5)27-28-20-15-14-16-21-28/h2,14-18,20-23,31-32,34H,9,11-13,19,24-27H2,1,3-8H3,(H2,41,45)(H,42,46)(H,43,49). The fraction of sp³-hybridized carbons (Fsp3) is 0.525. The summed E-state index contributed by atoms with van der Waals surface area (Å²) in [5.74, 6) is 0.00101. The molecule has 0 saturated carbocycles. The van der Waals surface area contributed by atoms with Crippen LogP contribution in [0.2, 0.25) is 0 Å². The second kappa shape index (κ2) is 20.1. The highest BCUT2D eigenvalue weighted by atomic mass is 16.6. The van der Waals surface area contributed by atoms with Gasteiger partial charge in [-0.3, -0.25) is 14.4 Å². The number of benzene rings is 2. The first kappa shape index (κ1) is 42.3. The van der Waals surface area contributed by atoms with Gasteiger partial charge in [-0.2, -0.15) is 0 Å². The molecule has 0 fully saturated rings. The number of terminal acetylenes is 1.